The second-order valence-electron chi connectivity index (χ2n) is 7.66. The van der Waals surface area contributed by atoms with Gasteiger partial charge in [-0.3, -0.25) is 9.59 Å². The van der Waals surface area contributed by atoms with Crippen LogP contribution >= 0.6 is 11.3 Å². The van der Waals surface area contributed by atoms with Crippen molar-refractivity contribution in [1.29, 1.82) is 5.26 Å². The second kappa shape index (κ2) is 9.66. The number of carbonyl (C=O) groups is 2. The minimum atomic E-state index is -0.0278. The topological polar surface area (TPSA) is 86.1 Å². The van der Waals surface area contributed by atoms with Crippen LogP contribution in [0, 0.1) is 17.2 Å². The van der Waals surface area contributed by atoms with E-state index in [0.717, 1.165) is 30.1 Å². The highest BCUT2D eigenvalue weighted by atomic mass is 32.1. The van der Waals surface area contributed by atoms with Crippen LogP contribution in [0.2, 0.25) is 0 Å². The third kappa shape index (κ3) is 5.42. The van der Waals surface area contributed by atoms with Crippen LogP contribution in [0.5, 0.6) is 0 Å². The molecule has 1 aromatic heterocycles. The molecule has 1 unspecified atom stereocenters. The summed E-state index contributed by atoms with van der Waals surface area (Å²) in [5.41, 5.74) is 2.04. The van der Waals surface area contributed by atoms with Gasteiger partial charge in [-0.15, -0.1) is 11.3 Å². The van der Waals surface area contributed by atoms with E-state index in [1.54, 1.807) is 35.6 Å². The van der Waals surface area contributed by atoms with E-state index in [1.165, 1.54) is 0 Å². The molecule has 152 valence electrons. The molecular weight excluding hydrogens is 384 g/mol. The maximum Gasteiger partial charge on any atom is 0.253 e. The number of likely N-dealkylation sites (tertiary alicyclic amines) is 1. The Morgan fingerprint density at radius 3 is 3.00 bits per heavy atom. The quantitative estimate of drug-likeness (QED) is 0.791. The van der Waals surface area contributed by atoms with Gasteiger partial charge in [0.25, 0.3) is 5.91 Å². The number of nitrogens with one attached hydrogen (secondary N) is 1. The predicted molar refractivity (Wildman–Crippen MR) is 113 cm³/mol. The minimum absolute atomic E-state index is 0.0133. The SMILES string of the molecule is CC(C)C(=O)NCCc1csc(C2CCCN(C(=O)c3cccc(C#N)c3)C2)n1. The first-order chi connectivity index (χ1) is 14.0. The molecule has 0 radical (unpaired) electrons. The summed E-state index contributed by atoms with van der Waals surface area (Å²) in [7, 11) is 0. The van der Waals surface area contributed by atoms with Gasteiger partial charge in [0, 0.05) is 48.8 Å². The second-order valence-corrected chi connectivity index (χ2v) is 8.55. The summed E-state index contributed by atoms with van der Waals surface area (Å²) in [5.74, 6) is 0.249. The molecule has 0 saturated carbocycles. The number of hydrogen-bond acceptors (Lipinski definition) is 5. The lowest BCUT2D eigenvalue weighted by molar-refractivity contribution is -0.123. The highest BCUT2D eigenvalue weighted by Gasteiger charge is 2.27. The van der Waals surface area contributed by atoms with Crippen LogP contribution in [0.4, 0.5) is 0 Å². The van der Waals surface area contributed by atoms with E-state index >= 15 is 0 Å². The fourth-order valence-electron chi connectivity index (χ4n) is 3.41. The van der Waals surface area contributed by atoms with E-state index in [-0.39, 0.29) is 23.7 Å². The van der Waals surface area contributed by atoms with Crippen LogP contribution in [0.15, 0.2) is 29.6 Å². The van der Waals surface area contributed by atoms with Crippen molar-refractivity contribution in [1.82, 2.24) is 15.2 Å². The molecule has 2 amide bonds. The number of benzene rings is 1. The van der Waals surface area contributed by atoms with Crippen LogP contribution in [0.1, 0.15) is 59.2 Å². The van der Waals surface area contributed by atoms with E-state index in [4.69, 9.17) is 10.2 Å². The maximum atomic E-state index is 12.9. The Morgan fingerprint density at radius 1 is 1.41 bits per heavy atom. The smallest absolute Gasteiger partial charge is 0.253 e. The fraction of sp³-hybridized carbons (Fsp3) is 0.455. The summed E-state index contributed by atoms with van der Waals surface area (Å²) in [6, 6.07) is 8.96. The molecule has 1 aromatic carbocycles. The van der Waals surface area contributed by atoms with Crippen LogP contribution in [-0.4, -0.2) is 41.3 Å². The molecule has 1 atom stereocenters. The third-order valence-corrected chi connectivity index (χ3v) is 6.13. The number of nitrogens with zero attached hydrogens (tertiary/aromatic N) is 3. The Bertz CT molecular complexity index is 916. The molecule has 1 aliphatic rings. The molecule has 6 nitrogen and oxygen atoms in total. The van der Waals surface area contributed by atoms with Crippen LogP contribution < -0.4 is 5.32 Å². The highest BCUT2D eigenvalue weighted by Crippen LogP contribution is 2.30. The van der Waals surface area contributed by atoms with Crippen molar-refractivity contribution in [3.05, 3.63) is 51.5 Å². The first kappa shape index (κ1) is 21.0. The van der Waals surface area contributed by atoms with Gasteiger partial charge in [0.1, 0.15) is 0 Å². The average Bonchev–Trinajstić information content (AvgIpc) is 3.22. The molecule has 3 rings (SSSR count). The highest BCUT2D eigenvalue weighted by molar-refractivity contribution is 7.09. The normalized spacial score (nSPS) is 16.5. The molecule has 2 aromatic rings. The largest absolute Gasteiger partial charge is 0.355 e. The van der Waals surface area contributed by atoms with E-state index in [1.807, 2.05) is 24.1 Å². The van der Waals surface area contributed by atoms with Crippen molar-refractivity contribution in [3.8, 4) is 6.07 Å². The lowest BCUT2D eigenvalue weighted by Crippen LogP contribution is -2.39. The van der Waals surface area contributed by atoms with Crippen molar-refractivity contribution < 1.29 is 9.59 Å². The summed E-state index contributed by atoms with van der Waals surface area (Å²) in [5, 5.41) is 15.1. The van der Waals surface area contributed by atoms with Crippen LogP contribution in [-0.2, 0) is 11.2 Å². The molecule has 1 N–H and O–H groups in total. The van der Waals surface area contributed by atoms with Crippen molar-refractivity contribution in [3.63, 3.8) is 0 Å². The number of thiazole rings is 1. The molecular formula is C22H26N4O2S. The summed E-state index contributed by atoms with van der Waals surface area (Å²) in [4.78, 5) is 31.2. The van der Waals surface area contributed by atoms with Gasteiger partial charge in [0.05, 0.1) is 22.3 Å². The number of nitriles is 1. The molecule has 0 spiro atoms. The average molecular weight is 411 g/mol. The summed E-state index contributed by atoms with van der Waals surface area (Å²) in [6.07, 6.45) is 2.66. The van der Waals surface area contributed by atoms with Gasteiger partial charge in [-0.25, -0.2) is 4.98 Å². The summed E-state index contributed by atoms with van der Waals surface area (Å²) >= 11 is 1.63. The van der Waals surface area contributed by atoms with E-state index < -0.39 is 0 Å². The van der Waals surface area contributed by atoms with Crippen LogP contribution in [0.25, 0.3) is 0 Å². The van der Waals surface area contributed by atoms with E-state index in [0.29, 0.717) is 30.6 Å². The van der Waals surface area contributed by atoms with Crippen molar-refractivity contribution in [2.24, 2.45) is 5.92 Å². The third-order valence-electron chi connectivity index (χ3n) is 5.07. The van der Waals surface area contributed by atoms with Crippen molar-refractivity contribution in [2.75, 3.05) is 19.6 Å². The lowest BCUT2D eigenvalue weighted by atomic mass is 9.97. The Balaban J connectivity index is 1.59. The van der Waals surface area contributed by atoms with Crippen LogP contribution in [0.3, 0.4) is 0 Å². The Kier molecular flexibility index (Phi) is 6.99. The number of aromatic nitrogens is 1. The van der Waals surface area contributed by atoms with E-state index in [9.17, 15) is 9.59 Å². The number of piperidine rings is 1. The molecule has 1 fully saturated rings. The Hall–Kier alpha value is -2.72. The van der Waals surface area contributed by atoms with Crippen molar-refractivity contribution in [2.45, 2.75) is 39.0 Å². The predicted octanol–water partition coefficient (Wildman–Crippen LogP) is 3.35. The van der Waals surface area contributed by atoms with Gasteiger partial charge in [-0.2, -0.15) is 5.26 Å². The zero-order valence-electron chi connectivity index (χ0n) is 16.9. The first-order valence-electron chi connectivity index (χ1n) is 9.99. The standard InChI is InChI=1S/C22H26N4O2S/c1-15(2)20(27)24-9-8-19-14-29-21(25-19)18-7-4-10-26(13-18)22(28)17-6-3-5-16(11-17)12-23/h3,5-6,11,14-15,18H,4,7-10,13H2,1-2H3,(H,24,27). The Labute approximate surface area is 175 Å². The van der Waals surface area contributed by atoms with Crippen molar-refractivity contribution >= 4 is 23.2 Å². The number of amides is 2. The van der Waals surface area contributed by atoms with E-state index in [2.05, 4.69) is 11.4 Å². The summed E-state index contributed by atoms with van der Waals surface area (Å²) < 4.78 is 0. The molecule has 1 saturated heterocycles. The minimum Gasteiger partial charge on any atom is -0.355 e. The van der Waals surface area contributed by atoms with Gasteiger partial charge < -0.3 is 10.2 Å². The zero-order valence-corrected chi connectivity index (χ0v) is 17.7. The number of carbonyl (C=O) groups excluding carboxylic acids is 2. The molecule has 29 heavy (non-hydrogen) atoms. The molecule has 1 aliphatic heterocycles. The lowest BCUT2D eigenvalue weighted by Gasteiger charge is -2.32. The zero-order chi connectivity index (χ0) is 20.8. The molecule has 2 heterocycles. The van der Waals surface area contributed by atoms with Gasteiger partial charge >= 0.3 is 0 Å². The van der Waals surface area contributed by atoms with Gasteiger partial charge in [-0.05, 0) is 31.0 Å². The van der Waals surface area contributed by atoms with Gasteiger partial charge in [0.15, 0.2) is 0 Å². The summed E-state index contributed by atoms with van der Waals surface area (Å²) in [6.45, 7) is 5.72. The molecule has 7 heteroatoms. The van der Waals surface area contributed by atoms with Gasteiger partial charge in [-0.1, -0.05) is 19.9 Å². The molecule has 0 bridgehead atoms. The Morgan fingerprint density at radius 2 is 2.24 bits per heavy atom. The molecule has 0 aliphatic carbocycles. The van der Waals surface area contributed by atoms with Gasteiger partial charge in [0.2, 0.25) is 5.91 Å². The number of hydrogen-bond donors (Lipinski definition) is 1. The maximum absolute atomic E-state index is 12.9. The monoisotopic (exact) mass is 410 g/mol. The first-order valence-corrected chi connectivity index (χ1v) is 10.9. The fourth-order valence-corrected chi connectivity index (χ4v) is 4.39. The number of rotatable bonds is 6.